The standard InChI is InChI=1S/C31H52N2P2Si/c1-36(2,3)25-10-11-26(30(20-34)23-15-21-14-22(17-23)18-24(30)16-21)27(19-25)31(35,28-8-4-6-12-32-28)29-9-5-7-13-33-29/h10-11,19,21-24,28-29,32-33H,4-9,12-18,20,34-35H2,1-3H3. The van der Waals surface area contributed by atoms with Crippen LogP contribution in [-0.4, -0.2) is 39.4 Å². The number of nitrogens with one attached hydrogen (secondary N) is 2. The molecule has 36 heavy (non-hydrogen) atoms. The summed E-state index contributed by atoms with van der Waals surface area (Å²) >= 11 is 0. The minimum absolute atomic E-state index is 0.0628. The molecule has 2 nitrogen and oxygen atoms in total. The second-order valence-electron chi connectivity index (χ2n) is 14.5. The Labute approximate surface area is 227 Å². The molecule has 7 rings (SSSR count). The van der Waals surface area contributed by atoms with E-state index < -0.39 is 8.07 Å². The fourth-order valence-electron chi connectivity index (χ4n) is 9.82. The molecule has 2 N–H and O–H groups in total. The molecule has 1 aromatic carbocycles. The monoisotopic (exact) mass is 542 g/mol. The van der Waals surface area contributed by atoms with Crippen LogP contribution in [0.3, 0.4) is 0 Å². The lowest BCUT2D eigenvalue weighted by atomic mass is 9.43. The van der Waals surface area contributed by atoms with Crippen molar-refractivity contribution in [3.63, 3.8) is 0 Å². The lowest BCUT2D eigenvalue weighted by Gasteiger charge is -2.63. The highest BCUT2D eigenvalue weighted by atomic mass is 31.0. The van der Waals surface area contributed by atoms with Gasteiger partial charge in [-0.3, -0.25) is 0 Å². The number of hydrogen-bond donors (Lipinski definition) is 2. The quantitative estimate of drug-likeness (QED) is 0.333. The van der Waals surface area contributed by atoms with Crippen molar-refractivity contribution in [1.29, 1.82) is 0 Å². The van der Waals surface area contributed by atoms with Gasteiger partial charge in [0.1, 0.15) is 0 Å². The Hall–Kier alpha value is 0.217. The molecule has 6 aliphatic rings. The number of benzene rings is 1. The number of rotatable bonds is 6. The van der Waals surface area contributed by atoms with Gasteiger partial charge in [-0.15, -0.1) is 18.5 Å². The highest BCUT2D eigenvalue weighted by Crippen LogP contribution is 2.64. The summed E-state index contributed by atoms with van der Waals surface area (Å²) in [5.74, 6) is 3.80. The molecule has 2 aliphatic heterocycles. The third kappa shape index (κ3) is 4.25. The molecule has 4 bridgehead atoms. The lowest BCUT2D eigenvalue weighted by molar-refractivity contribution is -0.0507. The Morgan fingerprint density at radius 3 is 1.86 bits per heavy atom. The molecule has 4 saturated carbocycles. The molecule has 0 spiro atoms. The fraction of sp³-hybridized carbons (Fsp3) is 0.806. The Morgan fingerprint density at radius 1 is 0.861 bits per heavy atom. The first-order valence-electron chi connectivity index (χ1n) is 15.4. The van der Waals surface area contributed by atoms with Gasteiger partial charge in [0.25, 0.3) is 0 Å². The highest BCUT2D eigenvalue weighted by Gasteiger charge is 2.59. The van der Waals surface area contributed by atoms with Gasteiger partial charge in [-0.25, -0.2) is 0 Å². The van der Waals surface area contributed by atoms with E-state index in [4.69, 9.17) is 0 Å². The largest absolute Gasteiger partial charge is 0.313 e. The van der Waals surface area contributed by atoms with Crippen molar-refractivity contribution in [3.8, 4) is 0 Å². The second kappa shape index (κ2) is 10.00. The predicted octanol–water partition coefficient (Wildman–Crippen LogP) is 6.16. The van der Waals surface area contributed by atoms with E-state index >= 15 is 0 Å². The molecule has 200 valence electrons. The van der Waals surface area contributed by atoms with E-state index in [1.165, 1.54) is 89.9 Å². The molecule has 2 saturated heterocycles. The van der Waals surface area contributed by atoms with Crippen molar-refractivity contribution in [2.75, 3.05) is 19.3 Å². The maximum atomic E-state index is 4.08. The van der Waals surface area contributed by atoms with E-state index in [1.807, 2.05) is 0 Å². The molecular formula is C31H52N2P2Si. The summed E-state index contributed by atoms with van der Waals surface area (Å²) < 4.78 is 0. The van der Waals surface area contributed by atoms with E-state index in [1.54, 1.807) is 16.3 Å². The highest BCUT2D eigenvalue weighted by molar-refractivity contribution is 7.18. The second-order valence-corrected chi connectivity index (χ2v) is 20.9. The number of hydrogen-bond acceptors (Lipinski definition) is 2. The van der Waals surface area contributed by atoms with E-state index in [2.05, 4.69) is 67.0 Å². The maximum Gasteiger partial charge on any atom is 0.0776 e. The van der Waals surface area contributed by atoms with E-state index in [-0.39, 0.29) is 5.16 Å². The van der Waals surface area contributed by atoms with Gasteiger partial charge in [0.2, 0.25) is 0 Å². The van der Waals surface area contributed by atoms with Crippen molar-refractivity contribution >= 4 is 31.7 Å². The van der Waals surface area contributed by atoms with Gasteiger partial charge < -0.3 is 10.6 Å². The van der Waals surface area contributed by atoms with Crippen LogP contribution in [0.4, 0.5) is 0 Å². The third-order valence-electron chi connectivity index (χ3n) is 11.6. The molecule has 4 atom stereocenters. The lowest BCUT2D eigenvalue weighted by Crippen LogP contribution is -2.61. The van der Waals surface area contributed by atoms with E-state index in [0.29, 0.717) is 17.5 Å². The minimum Gasteiger partial charge on any atom is -0.313 e. The van der Waals surface area contributed by atoms with Crippen LogP contribution in [0.5, 0.6) is 0 Å². The van der Waals surface area contributed by atoms with Crippen molar-refractivity contribution < 1.29 is 0 Å². The molecule has 0 radical (unpaired) electrons. The van der Waals surface area contributed by atoms with Crippen LogP contribution in [0.1, 0.15) is 81.8 Å². The topological polar surface area (TPSA) is 24.1 Å². The van der Waals surface area contributed by atoms with Gasteiger partial charge in [-0.2, -0.15) is 0 Å². The molecule has 6 fully saturated rings. The van der Waals surface area contributed by atoms with Crippen molar-refractivity contribution in [1.82, 2.24) is 10.6 Å². The van der Waals surface area contributed by atoms with Crippen LogP contribution < -0.4 is 15.8 Å². The molecule has 0 amide bonds. The van der Waals surface area contributed by atoms with E-state index in [9.17, 15) is 0 Å². The Bertz CT molecular complexity index is 898. The van der Waals surface area contributed by atoms with Crippen LogP contribution in [0.15, 0.2) is 18.2 Å². The third-order valence-corrected chi connectivity index (χ3v) is 15.4. The van der Waals surface area contributed by atoms with Gasteiger partial charge in [-0.1, -0.05) is 55.9 Å². The van der Waals surface area contributed by atoms with Gasteiger partial charge in [-0.05, 0) is 112 Å². The summed E-state index contributed by atoms with van der Waals surface area (Å²) in [6.07, 6.45) is 16.8. The van der Waals surface area contributed by atoms with Gasteiger partial charge in [0, 0.05) is 22.7 Å². The zero-order chi connectivity index (χ0) is 25.1. The molecular weight excluding hydrogens is 490 g/mol. The summed E-state index contributed by atoms with van der Waals surface area (Å²) in [5, 5.41) is 9.89. The zero-order valence-electron chi connectivity index (χ0n) is 23.3. The van der Waals surface area contributed by atoms with Crippen LogP contribution in [-0.2, 0) is 10.6 Å². The molecule has 0 aromatic heterocycles. The molecule has 4 aliphatic carbocycles. The van der Waals surface area contributed by atoms with Gasteiger partial charge in [0.05, 0.1) is 8.07 Å². The smallest absolute Gasteiger partial charge is 0.0776 e. The average Bonchev–Trinajstić information content (AvgIpc) is 2.89. The minimum atomic E-state index is -1.44. The first-order chi connectivity index (χ1) is 17.3. The Kier molecular flexibility index (Phi) is 7.34. The maximum absolute atomic E-state index is 4.08. The molecule has 1 aromatic rings. The van der Waals surface area contributed by atoms with Crippen LogP contribution in [0.25, 0.3) is 0 Å². The Morgan fingerprint density at radius 2 is 1.42 bits per heavy atom. The summed E-state index contributed by atoms with van der Waals surface area (Å²) in [6, 6.07) is 9.14. The normalized spacial score (nSPS) is 40.2. The van der Waals surface area contributed by atoms with Crippen LogP contribution >= 0.6 is 18.5 Å². The van der Waals surface area contributed by atoms with Crippen molar-refractivity contribution in [3.05, 3.63) is 29.3 Å². The Balaban J connectivity index is 1.55. The first-order valence-corrected chi connectivity index (χ1v) is 20.3. The fourth-order valence-corrected chi connectivity index (χ4v) is 12.7. The van der Waals surface area contributed by atoms with E-state index in [0.717, 1.165) is 23.7 Å². The number of piperidine rings is 2. The average molecular weight is 543 g/mol. The summed E-state index contributed by atoms with van der Waals surface area (Å²) in [7, 11) is 5.43. The summed E-state index contributed by atoms with van der Waals surface area (Å²) in [6.45, 7) is 9.99. The zero-order valence-corrected chi connectivity index (χ0v) is 26.6. The molecule has 4 unspecified atom stereocenters. The SMILES string of the molecule is C[Si](C)(C)c1ccc(C2(CP)C3CC4CC(C3)CC2C4)c(C(P)(C2CCCCN2)C2CCCCN2)c1. The summed E-state index contributed by atoms with van der Waals surface area (Å²) in [4.78, 5) is 0. The molecule has 5 heteroatoms. The van der Waals surface area contributed by atoms with Crippen LogP contribution in [0, 0.1) is 23.7 Å². The van der Waals surface area contributed by atoms with Crippen molar-refractivity contribution in [2.45, 2.75) is 113 Å². The molecule has 2 heterocycles. The summed E-state index contributed by atoms with van der Waals surface area (Å²) in [5.41, 5.74) is 3.85. The van der Waals surface area contributed by atoms with Crippen LogP contribution in [0.2, 0.25) is 19.6 Å². The predicted molar refractivity (Wildman–Crippen MR) is 165 cm³/mol. The first kappa shape index (κ1) is 26.4. The van der Waals surface area contributed by atoms with Gasteiger partial charge >= 0.3 is 0 Å². The van der Waals surface area contributed by atoms with Crippen molar-refractivity contribution in [2.24, 2.45) is 23.7 Å². The van der Waals surface area contributed by atoms with Gasteiger partial charge in [0.15, 0.2) is 0 Å².